The lowest BCUT2D eigenvalue weighted by molar-refractivity contribution is -0.131. The fraction of sp³-hybridized carbons (Fsp3) is 0.304. The molecule has 160 valence electrons. The van der Waals surface area contributed by atoms with Crippen LogP contribution in [0.2, 0.25) is 0 Å². The highest BCUT2D eigenvalue weighted by atomic mass is 32.1. The second-order valence-electron chi connectivity index (χ2n) is 7.48. The Morgan fingerprint density at radius 3 is 2.65 bits per heavy atom. The summed E-state index contributed by atoms with van der Waals surface area (Å²) in [5.41, 5.74) is 2.60. The topological polar surface area (TPSA) is 73.1 Å². The van der Waals surface area contributed by atoms with E-state index >= 15 is 0 Å². The first-order chi connectivity index (χ1) is 15.1. The first kappa shape index (κ1) is 20.9. The number of anilines is 1. The third kappa shape index (κ3) is 5.44. The zero-order chi connectivity index (χ0) is 21.6. The summed E-state index contributed by atoms with van der Waals surface area (Å²) < 4.78 is 17.5. The summed E-state index contributed by atoms with van der Waals surface area (Å²) in [5, 5.41) is 9.85. The summed E-state index contributed by atoms with van der Waals surface area (Å²) in [5.74, 6) is 0.611. The Morgan fingerprint density at radius 2 is 1.90 bits per heavy atom. The molecule has 1 amide bonds. The van der Waals surface area contributed by atoms with Gasteiger partial charge < -0.3 is 9.80 Å². The standard InChI is InChI=1S/C23H22FN5OS.H2/c24-20-7-4-18(5-8-20)15-21-26-23(31-27-21)29-12-10-28(11-13-29)22(30)9-6-17-2-1-3-19(14-17)16-25;/h1-5,7-8,14H,6,9-13,15H2;1H. The van der Waals surface area contributed by atoms with E-state index in [-0.39, 0.29) is 13.2 Å². The van der Waals surface area contributed by atoms with E-state index in [1.807, 2.05) is 23.1 Å². The summed E-state index contributed by atoms with van der Waals surface area (Å²) in [4.78, 5) is 21.3. The number of nitriles is 1. The van der Waals surface area contributed by atoms with Crippen molar-refractivity contribution < 1.29 is 10.6 Å². The van der Waals surface area contributed by atoms with Crippen molar-refractivity contribution in [3.05, 3.63) is 76.9 Å². The van der Waals surface area contributed by atoms with Gasteiger partial charge in [-0.1, -0.05) is 24.3 Å². The normalized spacial score (nSPS) is 13.8. The van der Waals surface area contributed by atoms with Gasteiger partial charge in [-0.05, 0) is 41.8 Å². The number of benzene rings is 2. The molecule has 0 aliphatic carbocycles. The first-order valence-corrected chi connectivity index (χ1v) is 11.0. The molecular formula is C23H24FN5OS. The van der Waals surface area contributed by atoms with Crippen LogP contribution in [0.1, 0.15) is 30.4 Å². The van der Waals surface area contributed by atoms with Crippen LogP contribution in [-0.4, -0.2) is 46.3 Å². The zero-order valence-electron chi connectivity index (χ0n) is 17.0. The van der Waals surface area contributed by atoms with Crippen LogP contribution < -0.4 is 4.90 Å². The van der Waals surface area contributed by atoms with Crippen molar-refractivity contribution in [3.63, 3.8) is 0 Å². The quantitative estimate of drug-likeness (QED) is 0.588. The predicted molar refractivity (Wildman–Crippen MR) is 120 cm³/mol. The molecule has 2 aromatic carbocycles. The number of piperazine rings is 1. The molecule has 0 saturated carbocycles. The number of carbonyl (C=O) groups is 1. The number of aromatic nitrogens is 2. The fourth-order valence-electron chi connectivity index (χ4n) is 3.58. The van der Waals surface area contributed by atoms with Crippen molar-refractivity contribution in [2.45, 2.75) is 19.3 Å². The Labute approximate surface area is 186 Å². The van der Waals surface area contributed by atoms with E-state index in [1.54, 1.807) is 18.2 Å². The molecule has 1 aromatic heterocycles. The smallest absolute Gasteiger partial charge is 0.223 e. The SMILES string of the molecule is N#Cc1cccc(CCC(=O)N2CCN(c3nc(Cc4ccc(F)cc4)ns3)CC2)c1.[HH]. The van der Waals surface area contributed by atoms with Crippen LogP contribution in [0.4, 0.5) is 9.52 Å². The monoisotopic (exact) mass is 437 g/mol. The summed E-state index contributed by atoms with van der Waals surface area (Å²) >= 11 is 1.36. The number of amides is 1. The average Bonchev–Trinajstić information content (AvgIpc) is 3.28. The summed E-state index contributed by atoms with van der Waals surface area (Å²) in [6.07, 6.45) is 1.65. The summed E-state index contributed by atoms with van der Waals surface area (Å²) in [6.45, 7) is 2.76. The van der Waals surface area contributed by atoms with Crippen LogP contribution in [0.15, 0.2) is 48.5 Å². The minimum Gasteiger partial charge on any atom is -0.343 e. The molecule has 8 heteroatoms. The maximum absolute atomic E-state index is 13.1. The molecule has 31 heavy (non-hydrogen) atoms. The van der Waals surface area contributed by atoms with Crippen LogP contribution in [0.3, 0.4) is 0 Å². The highest BCUT2D eigenvalue weighted by molar-refractivity contribution is 7.09. The number of hydrogen-bond acceptors (Lipinski definition) is 6. The van der Waals surface area contributed by atoms with Crippen LogP contribution in [-0.2, 0) is 17.6 Å². The van der Waals surface area contributed by atoms with E-state index in [4.69, 9.17) is 5.26 Å². The molecule has 0 radical (unpaired) electrons. The second kappa shape index (κ2) is 9.67. The Morgan fingerprint density at radius 1 is 1.13 bits per heavy atom. The third-order valence-electron chi connectivity index (χ3n) is 5.32. The number of halogens is 1. The lowest BCUT2D eigenvalue weighted by Gasteiger charge is -2.34. The molecule has 1 fully saturated rings. The van der Waals surface area contributed by atoms with Gasteiger partial charge >= 0.3 is 0 Å². The minimum absolute atomic E-state index is 0. The van der Waals surface area contributed by atoms with Gasteiger partial charge in [0.15, 0.2) is 0 Å². The van der Waals surface area contributed by atoms with Gasteiger partial charge in [-0.25, -0.2) is 9.37 Å². The van der Waals surface area contributed by atoms with Crippen molar-refractivity contribution in [3.8, 4) is 6.07 Å². The van der Waals surface area contributed by atoms with Gasteiger partial charge in [0.2, 0.25) is 11.0 Å². The number of aryl methyl sites for hydroxylation is 1. The van der Waals surface area contributed by atoms with E-state index < -0.39 is 0 Å². The van der Waals surface area contributed by atoms with E-state index in [0.29, 0.717) is 37.9 Å². The Hall–Kier alpha value is -3.31. The van der Waals surface area contributed by atoms with Gasteiger partial charge in [-0.3, -0.25) is 4.79 Å². The molecule has 0 atom stereocenters. The number of carbonyl (C=O) groups excluding carboxylic acids is 1. The molecule has 4 rings (SSSR count). The molecule has 0 bridgehead atoms. The van der Waals surface area contributed by atoms with E-state index in [0.717, 1.165) is 35.2 Å². The van der Waals surface area contributed by atoms with Crippen LogP contribution in [0, 0.1) is 17.1 Å². The summed E-state index contributed by atoms with van der Waals surface area (Å²) in [6, 6.07) is 15.9. The van der Waals surface area contributed by atoms with Gasteiger partial charge in [0.1, 0.15) is 11.6 Å². The average molecular weight is 438 g/mol. The molecular weight excluding hydrogens is 413 g/mol. The van der Waals surface area contributed by atoms with Crippen molar-refractivity contribution in [1.29, 1.82) is 5.26 Å². The van der Waals surface area contributed by atoms with Crippen LogP contribution >= 0.6 is 11.5 Å². The molecule has 6 nitrogen and oxygen atoms in total. The third-order valence-corrected chi connectivity index (χ3v) is 6.13. The number of nitrogens with zero attached hydrogens (tertiary/aromatic N) is 5. The number of hydrogen-bond donors (Lipinski definition) is 0. The molecule has 2 heterocycles. The van der Waals surface area contributed by atoms with E-state index in [1.165, 1.54) is 23.7 Å². The highest BCUT2D eigenvalue weighted by Crippen LogP contribution is 2.21. The van der Waals surface area contributed by atoms with Gasteiger partial charge in [-0.2, -0.15) is 9.64 Å². The van der Waals surface area contributed by atoms with Gasteiger partial charge in [0.25, 0.3) is 0 Å². The van der Waals surface area contributed by atoms with E-state index in [9.17, 15) is 9.18 Å². The maximum Gasteiger partial charge on any atom is 0.223 e. The molecule has 0 unspecified atom stereocenters. The van der Waals surface area contributed by atoms with Crippen LogP contribution in [0.25, 0.3) is 0 Å². The second-order valence-corrected chi connectivity index (χ2v) is 8.21. The van der Waals surface area contributed by atoms with Crippen molar-refractivity contribution in [2.75, 3.05) is 31.1 Å². The fourth-order valence-corrected chi connectivity index (χ4v) is 4.32. The van der Waals surface area contributed by atoms with Crippen molar-refractivity contribution in [2.24, 2.45) is 0 Å². The van der Waals surface area contributed by atoms with Gasteiger partial charge in [0, 0.05) is 52.0 Å². The molecule has 1 aliphatic rings. The lowest BCUT2D eigenvalue weighted by atomic mass is 10.1. The first-order valence-electron chi connectivity index (χ1n) is 10.2. The highest BCUT2D eigenvalue weighted by Gasteiger charge is 2.23. The lowest BCUT2D eigenvalue weighted by Crippen LogP contribution is -2.48. The maximum atomic E-state index is 13.1. The predicted octanol–water partition coefficient (Wildman–Crippen LogP) is 3.67. The molecule has 0 N–H and O–H groups in total. The van der Waals surface area contributed by atoms with Crippen LogP contribution in [0.5, 0.6) is 0 Å². The Balaban J connectivity index is 0.00000289. The Bertz CT molecular complexity index is 1090. The van der Waals surface area contributed by atoms with Crippen molar-refractivity contribution >= 4 is 22.6 Å². The molecule has 1 aliphatic heterocycles. The largest absolute Gasteiger partial charge is 0.343 e. The molecule has 3 aromatic rings. The minimum atomic E-state index is -0.251. The zero-order valence-corrected chi connectivity index (χ0v) is 17.8. The molecule has 1 saturated heterocycles. The van der Waals surface area contributed by atoms with E-state index in [2.05, 4.69) is 20.3 Å². The van der Waals surface area contributed by atoms with Gasteiger partial charge in [0.05, 0.1) is 11.6 Å². The van der Waals surface area contributed by atoms with Crippen molar-refractivity contribution in [1.82, 2.24) is 14.3 Å². The Kier molecular flexibility index (Phi) is 6.53. The molecule has 0 spiro atoms. The number of rotatable bonds is 6. The van der Waals surface area contributed by atoms with Gasteiger partial charge in [-0.15, -0.1) is 0 Å². The summed E-state index contributed by atoms with van der Waals surface area (Å²) in [7, 11) is 0.